The van der Waals surface area contributed by atoms with E-state index in [1.54, 1.807) is 0 Å². The SMILES string of the molecule is CC1CCCC(N(C)c2nc(N)nc(N(C)C)n2)C1. The summed E-state index contributed by atoms with van der Waals surface area (Å²) in [7, 11) is 5.86. The summed E-state index contributed by atoms with van der Waals surface area (Å²) in [6, 6.07) is 0.501. The molecule has 2 unspecified atom stereocenters. The average molecular weight is 264 g/mol. The first-order chi connectivity index (χ1) is 8.97. The lowest BCUT2D eigenvalue weighted by Gasteiger charge is -2.34. The molecule has 2 N–H and O–H groups in total. The van der Waals surface area contributed by atoms with Crippen molar-refractivity contribution in [3.8, 4) is 0 Å². The topological polar surface area (TPSA) is 71.2 Å². The van der Waals surface area contributed by atoms with Crippen molar-refractivity contribution >= 4 is 17.8 Å². The molecule has 6 nitrogen and oxygen atoms in total. The van der Waals surface area contributed by atoms with Gasteiger partial charge < -0.3 is 15.5 Å². The van der Waals surface area contributed by atoms with Crippen LogP contribution in [-0.4, -0.2) is 42.1 Å². The lowest BCUT2D eigenvalue weighted by atomic mass is 9.86. The van der Waals surface area contributed by atoms with E-state index in [2.05, 4.69) is 33.8 Å². The highest BCUT2D eigenvalue weighted by Gasteiger charge is 2.24. The van der Waals surface area contributed by atoms with Gasteiger partial charge in [0.2, 0.25) is 17.8 Å². The maximum atomic E-state index is 5.78. The van der Waals surface area contributed by atoms with E-state index in [9.17, 15) is 0 Å². The smallest absolute Gasteiger partial charge is 0.231 e. The van der Waals surface area contributed by atoms with Gasteiger partial charge in [-0.25, -0.2) is 0 Å². The van der Waals surface area contributed by atoms with Crippen LogP contribution in [0.3, 0.4) is 0 Å². The van der Waals surface area contributed by atoms with Crippen LogP contribution in [0.1, 0.15) is 32.6 Å². The molecule has 0 aromatic carbocycles. The highest BCUT2D eigenvalue weighted by Crippen LogP contribution is 2.28. The van der Waals surface area contributed by atoms with E-state index >= 15 is 0 Å². The Hall–Kier alpha value is -1.59. The molecule has 0 saturated heterocycles. The zero-order valence-corrected chi connectivity index (χ0v) is 12.3. The zero-order valence-electron chi connectivity index (χ0n) is 12.3. The third-order valence-electron chi connectivity index (χ3n) is 3.80. The molecule has 1 aromatic rings. The molecule has 2 rings (SSSR count). The zero-order chi connectivity index (χ0) is 14.0. The van der Waals surface area contributed by atoms with Crippen molar-refractivity contribution in [3.05, 3.63) is 0 Å². The maximum absolute atomic E-state index is 5.78. The van der Waals surface area contributed by atoms with E-state index in [1.165, 1.54) is 25.7 Å². The van der Waals surface area contributed by atoms with Crippen molar-refractivity contribution in [2.24, 2.45) is 5.92 Å². The number of rotatable bonds is 3. The molecule has 1 fully saturated rings. The van der Waals surface area contributed by atoms with Crippen molar-refractivity contribution in [1.82, 2.24) is 15.0 Å². The van der Waals surface area contributed by atoms with Crippen LogP contribution in [-0.2, 0) is 0 Å². The van der Waals surface area contributed by atoms with E-state index in [-0.39, 0.29) is 5.95 Å². The third-order valence-corrected chi connectivity index (χ3v) is 3.80. The Morgan fingerprint density at radius 1 is 1.05 bits per heavy atom. The molecule has 6 heteroatoms. The molecule has 19 heavy (non-hydrogen) atoms. The fourth-order valence-corrected chi connectivity index (χ4v) is 2.64. The summed E-state index contributed by atoms with van der Waals surface area (Å²) in [5, 5.41) is 0. The van der Waals surface area contributed by atoms with Crippen LogP contribution >= 0.6 is 0 Å². The molecule has 1 aromatic heterocycles. The number of hydrogen-bond donors (Lipinski definition) is 1. The van der Waals surface area contributed by atoms with Gasteiger partial charge in [-0.05, 0) is 18.8 Å². The average Bonchev–Trinajstić information content (AvgIpc) is 2.37. The van der Waals surface area contributed by atoms with Gasteiger partial charge in [-0.15, -0.1) is 0 Å². The minimum atomic E-state index is 0.282. The number of nitrogen functional groups attached to an aromatic ring is 1. The van der Waals surface area contributed by atoms with Gasteiger partial charge in [-0.3, -0.25) is 0 Å². The van der Waals surface area contributed by atoms with Gasteiger partial charge in [0.15, 0.2) is 0 Å². The van der Waals surface area contributed by atoms with Gasteiger partial charge in [0, 0.05) is 27.2 Å². The number of nitrogens with zero attached hydrogens (tertiary/aromatic N) is 5. The van der Waals surface area contributed by atoms with Crippen molar-refractivity contribution in [1.29, 1.82) is 0 Å². The number of anilines is 3. The Bertz CT molecular complexity index is 433. The molecule has 1 heterocycles. The highest BCUT2D eigenvalue weighted by molar-refractivity contribution is 5.42. The predicted molar refractivity (Wildman–Crippen MR) is 78.4 cm³/mol. The number of nitrogens with two attached hydrogens (primary N) is 1. The summed E-state index contributed by atoms with van der Waals surface area (Å²) >= 11 is 0. The fourth-order valence-electron chi connectivity index (χ4n) is 2.64. The molecule has 0 radical (unpaired) electrons. The lowest BCUT2D eigenvalue weighted by Crippen LogP contribution is -2.37. The maximum Gasteiger partial charge on any atom is 0.231 e. The Kier molecular flexibility index (Phi) is 4.07. The third kappa shape index (κ3) is 3.24. The van der Waals surface area contributed by atoms with Crippen LogP contribution < -0.4 is 15.5 Å². The minimum Gasteiger partial charge on any atom is -0.368 e. The van der Waals surface area contributed by atoms with E-state index in [4.69, 9.17) is 5.73 Å². The summed E-state index contributed by atoms with van der Waals surface area (Å²) in [6.07, 6.45) is 4.99. The lowest BCUT2D eigenvalue weighted by molar-refractivity contribution is 0.334. The normalized spacial score (nSPS) is 23.2. The molecule has 106 valence electrons. The van der Waals surface area contributed by atoms with Gasteiger partial charge in [0.25, 0.3) is 0 Å². The summed E-state index contributed by atoms with van der Waals surface area (Å²) in [6.45, 7) is 2.31. The Balaban J connectivity index is 2.20. The first-order valence-electron chi connectivity index (χ1n) is 6.89. The largest absolute Gasteiger partial charge is 0.368 e. The van der Waals surface area contributed by atoms with E-state index < -0.39 is 0 Å². The first kappa shape index (κ1) is 13.8. The molecule has 0 bridgehead atoms. The van der Waals surface area contributed by atoms with Gasteiger partial charge in [0.1, 0.15) is 0 Å². The molecule has 0 spiro atoms. The van der Waals surface area contributed by atoms with Gasteiger partial charge in [-0.1, -0.05) is 19.8 Å². The van der Waals surface area contributed by atoms with Crippen molar-refractivity contribution < 1.29 is 0 Å². The number of hydrogen-bond acceptors (Lipinski definition) is 6. The van der Waals surface area contributed by atoms with Gasteiger partial charge >= 0.3 is 0 Å². The van der Waals surface area contributed by atoms with Crippen LogP contribution in [0.4, 0.5) is 17.8 Å². The monoisotopic (exact) mass is 264 g/mol. The molecule has 2 atom stereocenters. The summed E-state index contributed by atoms with van der Waals surface area (Å²) in [5.41, 5.74) is 5.78. The van der Waals surface area contributed by atoms with E-state index in [1.807, 2.05) is 19.0 Å². The summed E-state index contributed by atoms with van der Waals surface area (Å²) < 4.78 is 0. The van der Waals surface area contributed by atoms with E-state index in [0.29, 0.717) is 17.9 Å². The van der Waals surface area contributed by atoms with Crippen molar-refractivity contribution in [3.63, 3.8) is 0 Å². The molecular weight excluding hydrogens is 240 g/mol. The second kappa shape index (κ2) is 5.59. The van der Waals surface area contributed by atoms with Gasteiger partial charge in [-0.2, -0.15) is 15.0 Å². The Labute approximate surface area is 115 Å². The second-order valence-electron chi connectivity index (χ2n) is 5.72. The molecule has 1 aliphatic rings. The quantitative estimate of drug-likeness (QED) is 0.893. The summed E-state index contributed by atoms with van der Waals surface area (Å²) in [4.78, 5) is 16.9. The van der Waals surface area contributed by atoms with E-state index in [0.717, 1.165) is 5.92 Å². The van der Waals surface area contributed by atoms with Gasteiger partial charge in [0.05, 0.1) is 0 Å². The molecule has 0 amide bonds. The van der Waals surface area contributed by atoms with Crippen molar-refractivity contribution in [2.75, 3.05) is 36.7 Å². The standard InChI is InChI=1S/C13H24N6/c1-9-6-5-7-10(8-9)19(4)13-16-11(14)15-12(17-13)18(2)3/h9-10H,5-8H2,1-4H3,(H2,14,15,16,17). The first-order valence-corrected chi connectivity index (χ1v) is 6.89. The predicted octanol–water partition coefficient (Wildman–Crippen LogP) is 1.53. The fraction of sp³-hybridized carbons (Fsp3) is 0.769. The molecular formula is C13H24N6. The summed E-state index contributed by atoms with van der Waals surface area (Å²) in [5.74, 6) is 2.34. The molecule has 0 aliphatic heterocycles. The van der Waals surface area contributed by atoms with Crippen LogP contribution in [0.2, 0.25) is 0 Å². The Morgan fingerprint density at radius 2 is 1.74 bits per heavy atom. The van der Waals surface area contributed by atoms with Crippen molar-refractivity contribution in [2.45, 2.75) is 38.6 Å². The molecule has 1 aliphatic carbocycles. The minimum absolute atomic E-state index is 0.282. The second-order valence-corrected chi connectivity index (χ2v) is 5.72. The van der Waals surface area contributed by atoms with Crippen LogP contribution in [0.25, 0.3) is 0 Å². The molecule has 1 saturated carbocycles. The van der Waals surface area contributed by atoms with Crippen LogP contribution in [0.15, 0.2) is 0 Å². The van der Waals surface area contributed by atoms with Crippen LogP contribution in [0.5, 0.6) is 0 Å². The highest BCUT2D eigenvalue weighted by atomic mass is 15.3. The Morgan fingerprint density at radius 3 is 2.37 bits per heavy atom. The van der Waals surface area contributed by atoms with Crippen LogP contribution in [0, 0.1) is 5.92 Å². The number of aromatic nitrogens is 3.